The molecule has 2 aromatic carbocycles. The predicted octanol–water partition coefficient (Wildman–Crippen LogP) is 2.58. The summed E-state index contributed by atoms with van der Waals surface area (Å²) in [5.41, 5.74) is 2.55. The van der Waals surface area contributed by atoms with Gasteiger partial charge in [-0.3, -0.25) is 4.79 Å². The zero-order valence-corrected chi connectivity index (χ0v) is 14.7. The number of carbonyl (C=O) groups is 2. The fraction of sp³-hybridized carbons (Fsp3) is 0.250. The van der Waals surface area contributed by atoms with Gasteiger partial charge in [0.1, 0.15) is 11.3 Å². The minimum atomic E-state index is -1.01. The topological polar surface area (TPSA) is 102 Å². The molecule has 3 aromatic rings. The normalized spacial score (nSPS) is 10.7. The monoisotopic (exact) mass is 368 g/mol. The van der Waals surface area contributed by atoms with E-state index < -0.39 is 5.97 Å². The maximum atomic E-state index is 12.0. The number of nitrogens with zero attached hydrogens (tertiary/aromatic N) is 1. The summed E-state index contributed by atoms with van der Waals surface area (Å²) in [6.45, 7) is 0.150. The van der Waals surface area contributed by atoms with Crippen LogP contribution in [0, 0.1) is 0 Å². The van der Waals surface area contributed by atoms with Crippen LogP contribution in [0.3, 0.4) is 0 Å². The van der Waals surface area contributed by atoms with Crippen LogP contribution < -0.4 is 10.1 Å². The van der Waals surface area contributed by atoms with Crippen molar-refractivity contribution in [3.05, 3.63) is 60.0 Å². The molecule has 1 amide bonds. The first-order chi connectivity index (χ1) is 13.1. The highest BCUT2D eigenvalue weighted by Crippen LogP contribution is 2.15. The zero-order valence-electron chi connectivity index (χ0n) is 14.7. The van der Waals surface area contributed by atoms with Crippen LogP contribution in [-0.4, -0.2) is 35.1 Å². The number of aromatic nitrogens is 1. The molecule has 0 radical (unpaired) electrons. The van der Waals surface area contributed by atoms with Crippen LogP contribution in [0.4, 0.5) is 0 Å². The maximum Gasteiger partial charge on any atom is 0.341 e. The SMILES string of the molecule is O=C(O)COc1ccc(CCNC(=O)CCc2nc3ccccc3o2)cc1. The summed E-state index contributed by atoms with van der Waals surface area (Å²) in [6, 6.07) is 14.6. The van der Waals surface area contributed by atoms with Gasteiger partial charge in [0, 0.05) is 19.4 Å². The van der Waals surface area contributed by atoms with Crippen LogP contribution in [0.1, 0.15) is 17.9 Å². The van der Waals surface area contributed by atoms with Crippen molar-refractivity contribution in [2.75, 3.05) is 13.2 Å². The van der Waals surface area contributed by atoms with E-state index in [0.29, 0.717) is 37.4 Å². The average molecular weight is 368 g/mol. The van der Waals surface area contributed by atoms with Crippen molar-refractivity contribution in [1.82, 2.24) is 10.3 Å². The van der Waals surface area contributed by atoms with Crippen molar-refractivity contribution < 1.29 is 23.8 Å². The molecule has 0 aliphatic carbocycles. The average Bonchev–Trinajstić information content (AvgIpc) is 3.09. The van der Waals surface area contributed by atoms with Gasteiger partial charge in [-0.15, -0.1) is 0 Å². The van der Waals surface area contributed by atoms with Crippen LogP contribution in [0.5, 0.6) is 5.75 Å². The summed E-state index contributed by atoms with van der Waals surface area (Å²) in [4.78, 5) is 26.8. The fourth-order valence-corrected chi connectivity index (χ4v) is 2.58. The Morgan fingerprint density at radius 2 is 1.85 bits per heavy atom. The molecule has 0 fully saturated rings. The van der Waals surface area contributed by atoms with E-state index in [1.54, 1.807) is 12.1 Å². The number of hydrogen-bond donors (Lipinski definition) is 2. The quantitative estimate of drug-likeness (QED) is 0.602. The number of para-hydroxylation sites is 2. The van der Waals surface area contributed by atoms with Crippen LogP contribution in [0.2, 0.25) is 0 Å². The molecule has 140 valence electrons. The predicted molar refractivity (Wildman–Crippen MR) is 98.6 cm³/mol. The highest BCUT2D eigenvalue weighted by atomic mass is 16.5. The Morgan fingerprint density at radius 3 is 2.59 bits per heavy atom. The van der Waals surface area contributed by atoms with Gasteiger partial charge < -0.3 is 19.6 Å². The van der Waals surface area contributed by atoms with Gasteiger partial charge in [0.15, 0.2) is 18.1 Å². The van der Waals surface area contributed by atoms with Crippen molar-refractivity contribution >= 4 is 23.0 Å². The lowest BCUT2D eigenvalue weighted by molar-refractivity contribution is -0.139. The van der Waals surface area contributed by atoms with Crippen molar-refractivity contribution in [2.45, 2.75) is 19.3 Å². The molecule has 0 saturated carbocycles. The lowest BCUT2D eigenvalue weighted by Gasteiger charge is -2.06. The Labute approximate surface area is 156 Å². The van der Waals surface area contributed by atoms with Crippen LogP contribution in [0.15, 0.2) is 52.9 Å². The Kier molecular flexibility index (Phi) is 6.04. The number of nitrogens with one attached hydrogen (secondary N) is 1. The van der Waals surface area contributed by atoms with E-state index >= 15 is 0 Å². The van der Waals surface area contributed by atoms with Gasteiger partial charge >= 0.3 is 5.97 Å². The molecule has 1 aromatic heterocycles. The number of carboxylic acid groups (broad SMARTS) is 1. The third-order valence-corrected chi connectivity index (χ3v) is 3.93. The number of carboxylic acids is 1. The molecule has 0 atom stereocenters. The van der Waals surface area contributed by atoms with Crippen molar-refractivity contribution in [1.29, 1.82) is 0 Å². The van der Waals surface area contributed by atoms with Crippen LogP contribution in [-0.2, 0) is 22.4 Å². The first-order valence-electron chi connectivity index (χ1n) is 8.65. The van der Waals surface area contributed by atoms with E-state index in [1.165, 1.54) is 0 Å². The van der Waals surface area contributed by atoms with Gasteiger partial charge in [0.25, 0.3) is 0 Å². The van der Waals surface area contributed by atoms with Gasteiger partial charge in [0.2, 0.25) is 5.91 Å². The van der Waals surface area contributed by atoms with E-state index in [2.05, 4.69) is 10.3 Å². The second kappa shape index (κ2) is 8.84. The van der Waals surface area contributed by atoms with Gasteiger partial charge in [-0.05, 0) is 36.2 Å². The van der Waals surface area contributed by atoms with Crippen molar-refractivity contribution in [2.24, 2.45) is 0 Å². The van der Waals surface area contributed by atoms with E-state index in [-0.39, 0.29) is 12.5 Å². The molecule has 0 unspecified atom stereocenters. The van der Waals surface area contributed by atoms with Crippen molar-refractivity contribution in [3.8, 4) is 5.75 Å². The molecule has 3 rings (SSSR count). The number of oxazole rings is 1. The Morgan fingerprint density at radius 1 is 1.07 bits per heavy atom. The number of amides is 1. The summed E-state index contributed by atoms with van der Waals surface area (Å²) < 4.78 is 10.7. The molecular formula is C20H20N2O5. The lowest BCUT2D eigenvalue weighted by Crippen LogP contribution is -2.25. The second-order valence-electron chi connectivity index (χ2n) is 6.00. The molecule has 7 heteroatoms. The van der Waals surface area contributed by atoms with Crippen LogP contribution >= 0.6 is 0 Å². The Balaban J connectivity index is 1.38. The van der Waals surface area contributed by atoms with Crippen molar-refractivity contribution in [3.63, 3.8) is 0 Å². The van der Waals surface area contributed by atoms with E-state index in [0.717, 1.165) is 16.7 Å². The number of aliphatic carboxylic acids is 1. The second-order valence-corrected chi connectivity index (χ2v) is 6.00. The highest BCUT2D eigenvalue weighted by Gasteiger charge is 2.08. The van der Waals surface area contributed by atoms with Gasteiger partial charge in [0.05, 0.1) is 0 Å². The Hall–Kier alpha value is -3.35. The molecular weight excluding hydrogens is 348 g/mol. The largest absolute Gasteiger partial charge is 0.482 e. The third-order valence-electron chi connectivity index (χ3n) is 3.93. The first-order valence-corrected chi connectivity index (χ1v) is 8.65. The van der Waals surface area contributed by atoms with Gasteiger partial charge in [-0.25, -0.2) is 9.78 Å². The molecule has 2 N–H and O–H groups in total. The van der Waals surface area contributed by atoms with Gasteiger partial charge in [-0.2, -0.15) is 0 Å². The number of carbonyl (C=O) groups excluding carboxylic acids is 1. The first kappa shape index (κ1) is 18.4. The molecule has 27 heavy (non-hydrogen) atoms. The Bertz CT molecular complexity index is 885. The van der Waals surface area contributed by atoms with E-state index in [4.69, 9.17) is 14.3 Å². The number of aryl methyl sites for hydroxylation is 1. The maximum absolute atomic E-state index is 12.0. The zero-order chi connectivity index (χ0) is 19.1. The van der Waals surface area contributed by atoms with Gasteiger partial charge in [-0.1, -0.05) is 24.3 Å². The summed E-state index contributed by atoms with van der Waals surface area (Å²) in [6.07, 6.45) is 1.44. The van der Waals surface area contributed by atoms with Crippen LogP contribution in [0.25, 0.3) is 11.1 Å². The summed E-state index contributed by atoms with van der Waals surface area (Å²) in [5, 5.41) is 11.4. The molecule has 0 spiro atoms. The minimum Gasteiger partial charge on any atom is -0.482 e. The number of benzene rings is 2. The molecule has 0 aliphatic heterocycles. The summed E-state index contributed by atoms with van der Waals surface area (Å²) in [5.74, 6) is -0.00914. The lowest BCUT2D eigenvalue weighted by atomic mass is 10.1. The molecule has 0 bridgehead atoms. The molecule has 0 aliphatic rings. The van der Waals surface area contributed by atoms with E-state index in [9.17, 15) is 9.59 Å². The molecule has 0 saturated heterocycles. The summed E-state index contributed by atoms with van der Waals surface area (Å²) in [7, 11) is 0. The minimum absolute atomic E-state index is 0.0568. The number of ether oxygens (including phenoxy) is 1. The number of rotatable bonds is 9. The summed E-state index contributed by atoms with van der Waals surface area (Å²) >= 11 is 0. The standard InChI is InChI=1S/C20H20N2O5/c23-18(9-10-19-22-16-3-1-2-4-17(16)27-19)21-12-11-14-5-7-15(8-6-14)26-13-20(24)25/h1-8H,9-13H2,(H,21,23)(H,24,25). The number of fused-ring (bicyclic) bond motifs is 1. The molecule has 7 nitrogen and oxygen atoms in total. The fourth-order valence-electron chi connectivity index (χ4n) is 2.58. The smallest absolute Gasteiger partial charge is 0.341 e. The van der Waals surface area contributed by atoms with E-state index in [1.807, 2.05) is 36.4 Å². The third kappa shape index (κ3) is 5.57. The highest BCUT2D eigenvalue weighted by molar-refractivity contribution is 5.76. The number of hydrogen-bond acceptors (Lipinski definition) is 5. The molecule has 1 heterocycles.